The Hall–Kier alpha value is -1.75. The number of hydrogen-bond acceptors (Lipinski definition) is 2. The molecule has 1 aromatic heterocycles. The van der Waals surface area contributed by atoms with E-state index in [9.17, 15) is 13.2 Å². The van der Waals surface area contributed by atoms with E-state index < -0.39 is 11.7 Å². The van der Waals surface area contributed by atoms with Crippen molar-refractivity contribution in [1.82, 2.24) is 5.32 Å². The van der Waals surface area contributed by atoms with Gasteiger partial charge in [0, 0.05) is 5.56 Å². The average Bonchev–Trinajstić information content (AvgIpc) is 2.77. The van der Waals surface area contributed by atoms with E-state index in [2.05, 4.69) is 5.32 Å². The van der Waals surface area contributed by atoms with Gasteiger partial charge in [0.2, 0.25) is 0 Å². The first-order valence-corrected chi connectivity index (χ1v) is 6.23. The Balaban J connectivity index is 2.44. The molecular formula is C15H16F3NO. The van der Waals surface area contributed by atoms with Crippen LogP contribution in [0, 0.1) is 13.8 Å². The molecular weight excluding hydrogens is 267 g/mol. The van der Waals surface area contributed by atoms with Crippen molar-refractivity contribution in [2.45, 2.75) is 26.1 Å². The molecule has 108 valence electrons. The second-order valence-electron chi connectivity index (χ2n) is 4.72. The van der Waals surface area contributed by atoms with E-state index in [1.54, 1.807) is 20.2 Å². The number of halogens is 3. The molecule has 2 aromatic rings. The summed E-state index contributed by atoms with van der Waals surface area (Å²) in [5.41, 5.74) is 1.71. The van der Waals surface area contributed by atoms with Gasteiger partial charge in [-0.25, -0.2) is 0 Å². The van der Waals surface area contributed by atoms with E-state index in [1.165, 1.54) is 12.1 Å². The van der Waals surface area contributed by atoms with Crippen LogP contribution in [0.25, 0.3) is 0 Å². The van der Waals surface area contributed by atoms with Crippen LogP contribution in [0.1, 0.15) is 34.1 Å². The fraction of sp³-hybridized carbons (Fsp3) is 0.333. The normalized spacial score (nSPS) is 13.5. The molecule has 0 bridgehead atoms. The Morgan fingerprint density at radius 2 is 1.80 bits per heavy atom. The standard InChI is InChI=1S/C15H16F3NO/c1-9-8-11(15(16,17)18)4-5-12(9)14(19-3)13-6-7-20-10(13)2/h4-8,14,19H,1-3H3. The molecule has 20 heavy (non-hydrogen) atoms. The van der Waals surface area contributed by atoms with Gasteiger partial charge >= 0.3 is 6.18 Å². The van der Waals surface area contributed by atoms with Crippen LogP contribution in [0.5, 0.6) is 0 Å². The number of hydrogen-bond donors (Lipinski definition) is 1. The molecule has 2 rings (SSSR count). The Morgan fingerprint density at radius 1 is 1.10 bits per heavy atom. The topological polar surface area (TPSA) is 25.2 Å². The molecule has 1 N–H and O–H groups in total. The van der Waals surface area contributed by atoms with Gasteiger partial charge in [0.15, 0.2) is 0 Å². The molecule has 1 atom stereocenters. The molecule has 0 spiro atoms. The summed E-state index contributed by atoms with van der Waals surface area (Å²) in [6.07, 6.45) is -2.74. The maximum Gasteiger partial charge on any atom is 0.416 e. The zero-order chi connectivity index (χ0) is 14.9. The van der Waals surface area contributed by atoms with Gasteiger partial charge < -0.3 is 9.73 Å². The molecule has 0 amide bonds. The average molecular weight is 283 g/mol. The Bertz CT molecular complexity index is 601. The number of alkyl halides is 3. The van der Waals surface area contributed by atoms with Crippen molar-refractivity contribution in [3.05, 3.63) is 58.5 Å². The van der Waals surface area contributed by atoms with Gasteiger partial charge in [0.05, 0.1) is 17.9 Å². The monoisotopic (exact) mass is 283 g/mol. The number of benzene rings is 1. The predicted octanol–water partition coefficient (Wildman–Crippen LogP) is 4.22. The first kappa shape index (κ1) is 14.7. The molecule has 1 heterocycles. The highest BCUT2D eigenvalue weighted by Crippen LogP contribution is 2.33. The predicted molar refractivity (Wildman–Crippen MR) is 70.5 cm³/mol. The van der Waals surface area contributed by atoms with Crippen LogP contribution in [0.3, 0.4) is 0 Å². The van der Waals surface area contributed by atoms with Gasteiger partial charge in [-0.2, -0.15) is 13.2 Å². The third-order valence-electron chi connectivity index (χ3n) is 3.41. The minimum atomic E-state index is -4.32. The molecule has 0 fully saturated rings. The lowest BCUT2D eigenvalue weighted by molar-refractivity contribution is -0.137. The lowest BCUT2D eigenvalue weighted by Crippen LogP contribution is -2.19. The first-order valence-electron chi connectivity index (χ1n) is 6.23. The van der Waals surface area contributed by atoms with Gasteiger partial charge in [-0.3, -0.25) is 0 Å². The molecule has 0 radical (unpaired) electrons. The summed E-state index contributed by atoms with van der Waals surface area (Å²) in [5, 5.41) is 3.12. The summed E-state index contributed by atoms with van der Waals surface area (Å²) in [6.45, 7) is 3.52. The maximum atomic E-state index is 12.7. The van der Waals surface area contributed by atoms with Crippen molar-refractivity contribution in [2.24, 2.45) is 0 Å². The largest absolute Gasteiger partial charge is 0.469 e. The highest BCUT2D eigenvalue weighted by molar-refractivity contribution is 5.40. The van der Waals surface area contributed by atoms with Crippen molar-refractivity contribution in [3.8, 4) is 0 Å². The van der Waals surface area contributed by atoms with E-state index in [-0.39, 0.29) is 6.04 Å². The Kier molecular flexibility index (Phi) is 3.90. The summed E-state index contributed by atoms with van der Waals surface area (Å²) >= 11 is 0. The number of aryl methyl sites for hydroxylation is 2. The quantitative estimate of drug-likeness (QED) is 0.912. The Morgan fingerprint density at radius 3 is 2.25 bits per heavy atom. The SMILES string of the molecule is CNC(c1ccc(C(F)(F)F)cc1C)c1ccoc1C. The fourth-order valence-electron chi connectivity index (χ4n) is 2.35. The van der Waals surface area contributed by atoms with Crippen LogP contribution in [0.4, 0.5) is 13.2 Å². The molecule has 0 aliphatic carbocycles. The van der Waals surface area contributed by atoms with Crippen LogP contribution in [0.2, 0.25) is 0 Å². The van der Waals surface area contributed by atoms with Crippen molar-refractivity contribution in [3.63, 3.8) is 0 Å². The van der Waals surface area contributed by atoms with Gasteiger partial charge in [-0.15, -0.1) is 0 Å². The Labute approximate surface area is 115 Å². The minimum Gasteiger partial charge on any atom is -0.469 e. The number of rotatable bonds is 3. The summed E-state index contributed by atoms with van der Waals surface area (Å²) in [4.78, 5) is 0. The maximum absolute atomic E-state index is 12.7. The van der Waals surface area contributed by atoms with Crippen molar-refractivity contribution in [2.75, 3.05) is 7.05 Å². The van der Waals surface area contributed by atoms with Crippen molar-refractivity contribution >= 4 is 0 Å². The third kappa shape index (κ3) is 2.72. The summed E-state index contributed by atoms with van der Waals surface area (Å²) < 4.78 is 43.3. The van der Waals surface area contributed by atoms with Gasteiger partial charge in [-0.05, 0) is 50.2 Å². The first-order chi connectivity index (χ1) is 9.34. The summed E-state index contributed by atoms with van der Waals surface area (Å²) in [7, 11) is 1.77. The number of nitrogens with one attached hydrogen (secondary N) is 1. The second-order valence-corrected chi connectivity index (χ2v) is 4.72. The van der Waals surface area contributed by atoms with E-state index >= 15 is 0 Å². The number of furan rings is 1. The highest BCUT2D eigenvalue weighted by Gasteiger charge is 2.31. The van der Waals surface area contributed by atoms with E-state index in [1.807, 2.05) is 13.0 Å². The fourth-order valence-corrected chi connectivity index (χ4v) is 2.35. The van der Waals surface area contributed by atoms with Crippen LogP contribution in [-0.2, 0) is 6.18 Å². The lowest BCUT2D eigenvalue weighted by atomic mass is 9.94. The van der Waals surface area contributed by atoms with E-state index in [4.69, 9.17) is 4.42 Å². The molecule has 0 aliphatic rings. The zero-order valence-electron chi connectivity index (χ0n) is 11.5. The molecule has 2 nitrogen and oxygen atoms in total. The lowest BCUT2D eigenvalue weighted by Gasteiger charge is -2.19. The zero-order valence-corrected chi connectivity index (χ0v) is 11.5. The van der Waals surface area contributed by atoms with Crippen molar-refractivity contribution < 1.29 is 17.6 Å². The van der Waals surface area contributed by atoms with Crippen LogP contribution >= 0.6 is 0 Å². The van der Waals surface area contributed by atoms with Crippen LogP contribution in [-0.4, -0.2) is 7.05 Å². The summed E-state index contributed by atoms with van der Waals surface area (Å²) in [6, 6.07) is 5.45. The second kappa shape index (κ2) is 5.32. The van der Waals surface area contributed by atoms with Crippen LogP contribution < -0.4 is 5.32 Å². The minimum absolute atomic E-state index is 0.184. The summed E-state index contributed by atoms with van der Waals surface area (Å²) in [5.74, 6) is 0.753. The van der Waals surface area contributed by atoms with Crippen molar-refractivity contribution in [1.29, 1.82) is 0 Å². The third-order valence-corrected chi connectivity index (χ3v) is 3.41. The van der Waals surface area contributed by atoms with E-state index in [0.29, 0.717) is 5.56 Å². The molecule has 0 saturated heterocycles. The molecule has 0 saturated carbocycles. The van der Waals surface area contributed by atoms with Crippen LogP contribution in [0.15, 0.2) is 34.9 Å². The molecule has 5 heteroatoms. The van der Waals surface area contributed by atoms with Gasteiger partial charge in [0.1, 0.15) is 5.76 Å². The molecule has 1 unspecified atom stereocenters. The van der Waals surface area contributed by atoms with Gasteiger partial charge in [0.25, 0.3) is 0 Å². The smallest absolute Gasteiger partial charge is 0.416 e. The highest BCUT2D eigenvalue weighted by atomic mass is 19.4. The van der Waals surface area contributed by atoms with E-state index in [0.717, 1.165) is 23.0 Å². The molecule has 0 aliphatic heterocycles. The molecule has 1 aromatic carbocycles. The van der Waals surface area contributed by atoms with Gasteiger partial charge in [-0.1, -0.05) is 6.07 Å².